The minimum Gasteiger partial charge on any atom is -0.356 e. The maximum absolute atomic E-state index is 11.7. The Morgan fingerprint density at radius 1 is 1.59 bits per heavy atom. The third-order valence-corrected chi connectivity index (χ3v) is 3.52. The SMILES string of the molecule is Cl.O=C(NCCC1CCNC1)c1cc(I)c[nH]1. The molecule has 96 valence electrons. The number of aromatic amines is 1. The van der Waals surface area contributed by atoms with Crippen LogP contribution in [0.15, 0.2) is 12.3 Å². The number of carbonyl (C=O) groups is 1. The van der Waals surface area contributed by atoms with E-state index in [9.17, 15) is 4.79 Å². The van der Waals surface area contributed by atoms with Crippen molar-refractivity contribution in [3.63, 3.8) is 0 Å². The largest absolute Gasteiger partial charge is 0.356 e. The van der Waals surface area contributed by atoms with Crippen molar-refractivity contribution >= 4 is 40.9 Å². The molecule has 4 nitrogen and oxygen atoms in total. The summed E-state index contributed by atoms with van der Waals surface area (Å²) in [5.41, 5.74) is 0.647. The molecule has 1 aromatic rings. The Hall–Kier alpha value is -0.270. The van der Waals surface area contributed by atoms with Crippen LogP contribution in [0.2, 0.25) is 0 Å². The monoisotopic (exact) mass is 369 g/mol. The van der Waals surface area contributed by atoms with Gasteiger partial charge in [0.1, 0.15) is 5.69 Å². The summed E-state index contributed by atoms with van der Waals surface area (Å²) in [7, 11) is 0. The minimum atomic E-state index is -0.00567. The number of halogens is 2. The van der Waals surface area contributed by atoms with Crippen LogP contribution in [0.5, 0.6) is 0 Å². The average molecular weight is 370 g/mol. The Morgan fingerprint density at radius 2 is 2.41 bits per heavy atom. The maximum atomic E-state index is 11.7. The molecular weight excluding hydrogens is 352 g/mol. The lowest BCUT2D eigenvalue weighted by Crippen LogP contribution is -2.26. The van der Waals surface area contributed by atoms with Crippen molar-refractivity contribution < 1.29 is 4.79 Å². The molecule has 0 spiro atoms. The lowest BCUT2D eigenvalue weighted by Gasteiger charge is -2.08. The summed E-state index contributed by atoms with van der Waals surface area (Å²) in [5, 5.41) is 6.26. The predicted octanol–water partition coefficient (Wildman–Crippen LogP) is 1.77. The van der Waals surface area contributed by atoms with Gasteiger partial charge in [0.2, 0.25) is 0 Å². The number of rotatable bonds is 4. The van der Waals surface area contributed by atoms with Crippen molar-refractivity contribution in [2.45, 2.75) is 12.8 Å². The molecule has 0 aliphatic carbocycles. The zero-order chi connectivity index (χ0) is 11.4. The molecule has 2 heterocycles. The Balaban J connectivity index is 0.00000144. The highest BCUT2D eigenvalue weighted by Crippen LogP contribution is 2.11. The Bertz CT molecular complexity index is 363. The van der Waals surface area contributed by atoms with E-state index >= 15 is 0 Å². The number of aromatic nitrogens is 1. The van der Waals surface area contributed by atoms with E-state index in [1.165, 1.54) is 6.42 Å². The van der Waals surface area contributed by atoms with E-state index in [4.69, 9.17) is 0 Å². The highest BCUT2D eigenvalue weighted by Gasteiger charge is 2.14. The predicted molar refractivity (Wildman–Crippen MR) is 78.7 cm³/mol. The molecule has 1 saturated heterocycles. The van der Waals surface area contributed by atoms with Gasteiger partial charge < -0.3 is 15.6 Å². The van der Waals surface area contributed by atoms with E-state index in [-0.39, 0.29) is 18.3 Å². The third-order valence-electron chi connectivity index (χ3n) is 2.89. The molecule has 1 unspecified atom stereocenters. The minimum absolute atomic E-state index is 0. The van der Waals surface area contributed by atoms with Crippen molar-refractivity contribution in [3.05, 3.63) is 21.5 Å². The molecule has 1 fully saturated rings. The van der Waals surface area contributed by atoms with Crippen LogP contribution in [0.4, 0.5) is 0 Å². The number of amides is 1. The Labute approximate surface area is 121 Å². The average Bonchev–Trinajstić information content (AvgIpc) is 2.89. The van der Waals surface area contributed by atoms with Crippen LogP contribution >= 0.6 is 35.0 Å². The first-order chi connectivity index (χ1) is 7.75. The molecule has 17 heavy (non-hydrogen) atoms. The van der Waals surface area contributed by atoms with E-state index in [1.54, 1.807) is 0 Å². The topological polar surface area (TPSA) is 56.9 Å². The number of hydrogen-bond donors (Lipinski definition) is 3. The molecule has 1 aromatic heterocycles. The van der Waals surface area contributed by atoms with Gasteiger partial charge >= 0.3 is 0 Å². The van der Waals surface area contributed by atoms with E-state index in [1.807, 2.05) is 12.3 Å². The van der Waals surface area contributed by atoms with Crippen LogP contribution in [-0.4, -0.2) is 30.5 Å². The van der Waals surface area contributed by atoms with Gasteiger partial charge in [-0.25, -0.2) is 0 Å². The number of H-pyrrole nitrogens is 1. The molecule has 1 aliphatic heterocycles. The van der Waals surface area contributed by atoms with Gasteiger partial charge in [-0.2, -0.15) is 0 Å². The fourth-order valence-electron chi connectivity index (χ4n) is 1.94. The van der Waals surface area contributed by atoms with Gasteiger partial charge in [-0.1, -0.05) is 0 Å². The summed E-state index contributed by atoms with van der Waals surface area (Å²) >= 11 is 2.18. The lowest BCUT2D eigenvalue weighted by molar-refractivity contribution is 0.0947. The molecule has 3 N–H and O–H groups in total. The Morgan fingerprint density at radius 3 is 3.00 bits per heavy atom. The highest BCUT2D eigenvalue weighted by atomic mass is 127. The number of nitrogens with one attached hydrogen (secondary N) is 3. The molecule has 0 radical (unpaired) electrons. The van der Waals surface area contributed by atoms with Gasteiger partial charge in [-0.05, 0) is 60.5 Å². The smallest absolute Gasteiger partial charge is 0.267 e. The van der Waals surface area contributed by atoms with Crippen molar-refractivity contribution in [1.29, 1.82) is 0 Å². The van der Waals surface area contributed by atoms with Crippen molar-refractivity contribution in [1.82, 2.24) is 15.6 Å². The van der Waals surface area contributed by atoms with Crippen LogP contribution in [0.1, 0.15) is 23.3 Å². The van der Waals surface area contributed by atoms with E-state index in [0.29, 0.717) is 5.69 Å². The normalized spacial score (nSPS) is 18.8. The van der Waals surface area contributed by atoms with Crippen LogP contribution in [0.25, 0.3) is 0 Å². The standard InChI is InChI=1S/C11H16IN3O.ClH/c12-9-5-10(15-7-9)11(16)14-4-2-8-1-3-13-6-8;/h5,7-8,13,15H,1-4,6H2,(H,14,16);1H. The summed E-state index contributed by atoms with van der Waals surface area (Å²) < 4.78 is 1.06. The molecule has 0 aromatic carbocycles. The first-order valence-electron chi connectivity index (χ1n) is 5.58. The number of carbonyl (C=O) groups excluding carboxylic acids is 1. The van der Waals surface area contributed by atoms with Crippen molar-refractivity contribution in [3.8, 4) is 0 Å². The zero-order valence-corrected chi connectivity index (χ0v) is 12.4. The van der Waals surface area contributed by atoms with Crippen LogP contribution < -0.4 is 10.6 Å². The van der Waals surface area contributed by atoms with Gasteiger partial charge in [0.25, 0.3) is 5.91 Å². The molecule has 1 aliphatic rings. The maximum Gasteiger partial charge on any atom is 0.267 e. The summed E-state index contributed by atoms with van der Waals surface area (Å²) in [6, 6.07) is 1.85. The fraction of sp³-hybridized carbons (Fsp3) is 0.545. The van der Waals surface area contributed by atoms with Crippen LogP contribution in [0.3, 0.4) is 0 Å². The van der Waals surface area contributed by atoms with Gasteiger partial charge in [0, 0.05) is 16.3 Å². The molecule has 1 atom stereocenters. The fourth-order valence-corrected chi connectivity index (χ4v) is 2.41. The molecule has 1 amide bonds. The van der Waals surface area contributed by atoms with Crippen LogP contribution in [-0.2, 0) is 0 Å². The van der Waals surface area contributed by atoms with Gasteiger partial charge in [-0.3, -0.25) is 4.79 Å². The highest BCUT2D eigenvalue weighted by molar-refractivity contribution is 14.1. The second kappa shape index (κ2) is 7.23. The molecular formula is C11H17ClIN3O. The third kappa shape index (κ3) is 4.48. The second-order valence-corrected chi connectivity index (χ2v) is 5.38. The summed E-state index contributed by atoms with van der Waals surface area (Å²) in [4.78, 5) is 14.6. The van der Waals surface area contributed by atoms with Gasteiger partial charge in [-0.15, -0.1) is 12.4 Å². The summed E-state index contributed by atoms with van der Waals surface area (Å²) in [6.45, 7) is 2.98. The van der Waals surface area contributed by atoms with E-state index in [0.717, 1.165) is 35.5 Å². The molecule has 6 heteroatoms. The van der Waals surface area contributed by atoms with E-state index in [2.05, 4.69) is 38.2 Å². The summed E-state index contributed by atoms with van der Waals surface area (Å²) in [5.74, 6) is 0.720. The zero-order valence-electron chi connectivity index (χ0n) is 9.46. The Kier molecular flexibility index (Phi) is 6.29. The lowest BCUT2D eigenvalue weighted by atomic mass is 10.1. The van der Waals surface area contributed by atoms with Gasteiger partial charge in [0.15, 0.2) is 0 Å². The second-order valence-electron chi connectivity index (χ2n) is 4.13. The van der Waals surface area contributed by atoms with Gasteiger partial charge in [0.05, 0.1) is 0 Å². The molecule has 2 rings (SSSR count). The summed E-state index contributed by atoms with van der Waals surface area (Å²) in [6.07, 6.45) is 4.13. The quantitative estimate of drug-likeness (QED) is 0.709. The van der Waals surface area contributed by atoms with Crippen molar-refractivity contribution in [2.24, 2.45) is 5.92 Å². The number of hydrogen-bond acceptors (Lipinski definition) is 2. The van der Waals surface area contributed by atoms with Crippen LogP contribution in [0, 0.1) is 9.49 Å². The van der Waals surface area contributed by atoms with E-state index < -0.39 is 0 Å². The molecule has 0 saturated carbocycles. The first-order valence-corrected chi connectivity index (χ1v) is 6.66. The van der Waals surface area contributed by atoms with Crippen molar-refractivity contribution in [2.75, 3.05) is 19.6 Å². The molecule has 0 bridgehead atoms. The first kappa shape index (κ1) is 14.8.